The van der Waals surface area contributed by atoms with Gasteiger partial charge < -0.3 is 19.5 Å². The Bertz CT molecular complexity index is 1110. The van der Waals surface area contributed by atoms with Crippen molar-refractivity contribution in [2.45, 2.75) is 26.8 Å². The molecule has 0 saturated heterocycles. The van der Waals surface area contributed by atoms with E-state index in [0.29, 0.717) is 28.3 Å². The Balaban J connectivity index is 1.75. The number of nitrogens with zero attached hydrogens (tertiary/aromatic N) is 1. The lowest BCUT2D eigenvalue weighted by atomic mass is 10.0. The maximum absolute atomic E-state index is 13.0. The zero-order valence-electron chi connectivity index (χ0n) is 18.8. The maximum Gasteiger partial charge on any atom is 0.344 e. The number of esters is 1. The number of nitrogens with one attached hydrogen (secondary N) is 1. The van der Waals surface area contributed by atoms with Crippen molar-refractivity contribution in [1.82, 2.24) is 4.90 Å². The summed E-state index contributed by atoms with van der Waals surface area (Å²) < 4.78 is 10.3. The number of phenolic OH excluding ortho intramolecular Hbond substituents is 1. The number of Topliss-reactive ketones (excluding diaryl/α,β-unsaturated/α-hetero) is 1. The van der Waals surface area contributed by atoms with Gasteiger partial charge in [0.2, 0.25) is 0 Å². The smallest absolute Gasteiger partial charge is 0.344 e. The average Bonchev–Trinajstić information content (AvgIpc) is 3.11. The second-order valence-corrected chi connectivity index (χ2v) is 8.19. The lowest BCUT2D eigenvalue weighted by Crippen LogP contribution is -2.30. The molecule has 174 valence electrons. The third-order valence-corrected chi connectivity index (χ3v) is 5.97. The highest BCUT2D eigenvalue weighted by atomic mass is 32.2. The predicted octanol–water partition coefficient (Wildman–Crippen LogP) is 3.42. The summed E-state index contributed by atoms with van der Waals surface area (Å²) >= 11 is 1.31. The zero-order valence-corrected chi connectivity index (χ0v) is 19.6. The topological polar surface area (TPSA) is 117 Å². The number of aromatic hydroxyl groups is 1. The van der Waals surface area contributed by atoms with E-state index < -0.39 is 11.8 Å². The minimum Gasteiger partial charge on any atom is -0.507 e. The number of hydrogen-bond donors (Lipinski definition) is 2. The van der Waals surface area contributed by atoms with Crippen molar-refractivity contribution in [3.8, 4) is 11.5 Å². The molecule has 0 bridgehead atoms. The number of benzene rings is 2. The molecular formula is C24H26N2O6S. The van der Waals surface area contributed by atoms with Crippen LogP contribution in [0.3, 0.4) is 0 Å². The first kappa shape index (κ1) is 24.3. The molecule has 0 fully saturated rings. The van der Waals surface area contributed by atoms with Crippen molar-refractivity contribution < 1.29 is 29.0 Å². The maximum atomic E-state index is 13.0. The number of amides is 1. The van der Waals surface area contributed by atoms with Gasteiger partial charge in [-0.2, -0.15) is 0 Å². The van der Waals surface area contributed by atoms with Crippen LogP contribution in [-0.2, 0) is 22.5 Å². The first-order chi connectivity index (χ1) is 15.8. The van der Waals surface area contributed by atoms with Gasteiger partial charge in [-0.3, -0.25) is 15.0 Å². The van der Waals surface area contributed by atoms with Crippen LogP contribution < -0.4 is 4.74 Å². The molecule has 0 aliphatic carbocycles. The SMILES string of the molecule is CCOC(=O)COc1ccc(C(=O)CN2Cc3cc(C(=N)SC)ccc3C2=O)c(O)c1CC. The summed E-state index contributed by atoms with van der Waals surface area (Å²) in [7, 11) is 0. The van der Waals surface area contributed by atoms with Crippen molar-refractivity contribution >= 4 is 34.5 Å². The van der Waals surface area contributed by atoms with Gasteiger partial charge in [-0.25, -0.2) is 4.79 Å². The first-order valence-corrected chi connectivity index (χ1v) is 11.7. The quantitative estimate of drug-likeness (QED) is 0.250. The van der Waals surface area contributed by atoms with Gasteiger partial charge in [0.25, 0.3) is 5.91 Å². The molecule has 2 N–H and O–H groups in total. The van der Waals surface area contributed by atoms with Crippen LogP contribution >= 0.6 is 11.8 Å². The molecular weight excluding hydrogens is 444 g/mol. The largest absolute Gasteiger partial charge is 0.507 e. The number of fused-ring (bicyclic) bond motifs is 1. The third kappa shape index (κ3) is 5.19. The molecule has 1 amide bonds. The van der Waals surface area contributed by atoms with Crippen molar-refractivity contribution in [3.63, 3.8) is 0 Å². The molecule has 2 aromatic rings. The normalized spacial score (nSPS) is 12.5. The monoisotopic (exact) mass is 470 g/mol. The highest BCUT2D eigenvalue weighted by Gasteiger charge is 2.30. The van der Waals surface area contributed by atoms with Gasteiger partial charge in [-0.1, -0.05) is 13.0 Å². The molecule has 33 heavy (non-hydrogen) atoms. The van der Waals surface area contributed by atoms with Gasteiger partial charge in [0.15, 0.2) is 12.4 Å². The third-order valence-electron chi connectivity index (χ3n) is 5.33. The van der Waals surface area contributed by atoms with Gasteiger partial charge in [-0.05, 0) is 49.4 Å². The summed E-state index contributed by atoms with van der Waals surface area (Å²) in [5, 5.41) is 19.1. The molecule has 0 spiro atoms. The molecule has 0 saturated carbocycles. The second-order valence-electron chi connectivity index (χ2n) is 7.38. The van der Waals surface area contributed by atoms with Gasteiger partial charge in [-0.15, -0.1) is 11.8 Å². The van der Waals surface area contributed by atoms with E-state index in [1.165, 1.54) is 28.8 Å². The zero-order chi connectivity index (χ0) is 24.1. The Morgan fingerprint density at radius 3 is 2.64 bits per heavy atom. The summed E-state index contributed by atoms with van der Waals surface area (Å²) in [6, 6.07) is 8.19. The molecule has 1 aliphatic rings. The number of phenols is 1. The Labute approximate surface area is 196 Å². The molecule has 1 heterocycles. The molecule has 0 radical (unpaired) electrons. The van der Waals surface area contributed by atoms with Gasteiger partial charge >= 0.3 is 5.97 Å². The number of carbonyl (C=O) groups is 3. The van der Waals surface area contributed by atoms with Crippen molar-refractivity contribution in [2.24, 2.45) is 0 Å². The number of ketones is 1. The number of hydrogen-bond acceptors (Lipinski definition) is 8. The predicted molar refractivity (Wildman–Crippen MR) is 125 cm³/mol. The number of carbonyl (C=O) groups excluding carboxylic acids is 3. The summed E-state index contributed by atoms with van der Waals surface area (Å²) in [6.45, 7) is 3.50. The van der Waals surface area contributed by atoms with Crippen LogP contribution in [0.4, 0.5) is 0 Å². The van der Waals surface area contributed by atoms with E-state index in [4.69, 9.17) is 14.9 Å². The average molecular weight is 471 g/mol. The van der Waals surface area contributed by atoms with Gasteiger partial charge in [0, 0.05) is 23.2 Å². The molecule has 0 unspecified atom stereocenters. The lowest BCUT2D eigenvalue weighted by molar-refractivity contribution is -0.145. The van der Waals surface area contributed by atoms with Crippen molar-refractivity contribution in [3.05, 3.63) is 58.1 Å². The molecule has 3 rings (SSSR count). The molecule has 0 atom stereocenters. The van der Waals surface area contributed by atoms with Crippen LogP contribution in [0.2, 0.25) is 0 Å². The Kier molecular flexibility index (Phi) is 7.75. The van der Waals surface area contributed by atoms with Crippen molar-refractivity contribution in [2.75, 3.05) is 26.0 Å². The minimum absolute atomic E-state index is 0.0870. The summed E-state index contributed by atoms with van der Waals surface area (Å²) in [6.07, 6.45) is 2.19. The van der Waals surface area contributed by atoms with Crippen LogP contribution in [0.15, 0.2) is 30.3 Å². The fourth-order valence-corrected chi connectivity index (χ4v) is 4.05. The van der Waals surface area contributed by atoms with Crippen LogP contribution in [0.5, 0.6) is 11.5 Å². The standard InChI is InChI=1S/C24H26N2O6S/c1-4-16-20(32-13-21(28)31-5-2)9-8-18(22(16)29)19(27)12-26-11-15-10-14(23(25)33-3)6-7-17(15)24(26)30/h6-10,25,29H,4-5,11-13H2,1-3H3. The van der Waals surface area contributed by atoms with Gasteiger partial charge in [0.1, 0.15) is 11.5 Å². The second kappa shape index (κ2) is 10.5. The molecule has 8 nitrogen and oxygen atoms in total. The lowest BCUT2D eigenvalue weighted by Gasteiger charge is -2.17. The highest BCUT2D eigenvalue weighted by Crippen LogP contribution is 2.33. The van der Waals surface area contributed by atoms with Crippen LogP contribution in [0.1, 0.15) is 51.3 Å². The molecule has 9 heteroatoms. The van der Waals surface area contributed by atoms with Crippen LogP contribution in [0.25, 0.3) is 0 Å². The fourth-order valence-electron chi connectivity index (χ4n) is 3.69. The summed E-state index contributed by atoms with van der Waals surface area (Å²) in [5.41, 5.74) is 2.50. The Morgan fingerprint density at radius 2 is 1.97 bits per heavy atom. The van der Waals surface area contributed by atoms with Crippen molar-refractivity contribution in [1.29, 1.82) is 5.41 Å². The highest BCUT2D eigenvalue weighted by molar-refractivity contribution is 8.13. The van der Waals surface area contributed by atoms with E-state index >= 15 is 0 Å². The number of ether oxygens (including phenoxy) is 2. The Hall–Kier alpha value is -3.33. The van der Waals surface area contributed by atoms with Crippen LogP contribution in [0, 0.1) is 5.41 Å². The summed E-state index contributed by atoms with van der Waals surface area (Å²) in [4.78, 5) is 38.7. The van der Waals surface area contributed by atoms with E-state index in [0.717, 1.165) is 11.1 Å². The van der Waals surface area contributed by atoms with E-state index in [1.54, 1.807) is 32.0 Å². The van der Waals surface area contributed by atoms with E-state index in [9.17, 15) is 19.5 Å². The Morgan fingerprint density at radius 1 is 1.21 bits per heavy atom. The number of thioether (sulfide) groups is 1. The minimum atomic E-state index is -0.526. The van der Waals surface area contributed by atoms with Crippen LogP contribution in [-0.4, -0.2) is 58.7 Å². The summed E-state index contributed by atoms with van der Waals surface area (Å²) in [5.74, 6) is -1.11. The first-order valence-electron chi connectivity index (χ1n) is 10.5. The van der Waals surface area contributed by atoms with E-state index in [1.807, 2.05) is 6.26 Å². The van der Waals surface area contributed by atoms with Gasteiger partial charge in [0.05, 0.1) is 23.8 Å². The fraction of sp³-hybridized carbons (Fsp3) is 0.333. The van der Waals surface area contributed by atoms with E-state index in [-0.39, 0.29) is 43.5 Å². The number of rotatable bonds is 9. The van der Waals surface area contributed by atoms with E-state index in [2.05, 4.69) is 0 Å². The molecule has 1 aliphatic heterocycles. The molecule has 2 aromatic carbocycles. The molecule has 0 aromatic heterocycles.